The quantitative estimate of drug-likeness (QED) is 0.628. The minimum Gasteiger partial charge on any atom is -0.463 e. The zero-order chi connectivity index (χ0) is 14.6. The molecule has 1 aliphatic rings. The van der Waals surface area contributed by atoms with Crippen LogP contribution >= 0.6 is 11.3 Å². The van der Waals surface area contributed by atoms with Crippen LogP contribution in [0.3, 0.4) is 0 Å². The molecule has 1 aromatic rings. The van der Waals surface area contributed by atoms with E-state index < -0.39 is 0 Å². The Bertz CT molecular complexity index is 467. The molecule has 1 aliphatic carbocycles. The first-order chi connectivity index (χ1) is 9.58. The molecular formula is C16H23NO2S. The van der Waals surface area contributed by atoms with Crippen LogP contribution in [-0.2, 0) is 15.1 Å². The molecule has 0 amide bonds. The lowest BCUT2D eigenvalue weighted by atomic mass is 9.77. The molecule has 0 spiro atoms. The number of hydrogen-bond acceptors (Lipinski definition) is 4. The van der Waals surface area contributed by atoms with Crippen LogP contribution in [0.4, 0.5) is 0 Å². The summed E-state index contributed by atoms with van der Waals surface area (Å²) in [4.78, 5) is 15.3. The normalized spacial score (nSPS) is 22.9. The van der Waals surface area contributed by atoms with Gasteiger partial charge in [-0.1, -0.05) is 11.6 Å². The SMILES string of the molecule is CCOC(=O)C=C1CCC(c2cccs2)(N(C)C)CC1. The highest BCUT2D eigenvalue weighted by Gasteiger charge is 2.38. The first-order valence-electron chi connectivity index (χ1n) is 7.16. The fraction of sp³-hybridized carbons (Fsp3) is 0.562. The maximum absolute atomic E-state index is 11.5. The van der Waals surface area contributed by atoms with Gasteiger partial charge in [0.2, 0.25) is 0 Å². The van der Waals surface area contributed by atoms with Crippen molar-refractivity contribution in [3.05, 3.63) is 34.0 Å². The first-order valence-corrected chi connectivity index (χ1v) is 8.04. The molecule has 0 radical (unpaired) electrons. The Morgan fingerprint density at radius 3 is 2.65 bits per heavy atom. The van der Waals surface area contributed by atoms with E-state index in [9.17, 15) is 4.79 Å². The summed E-state index contributed by atoms with van der Waals surface area (Å²) in [5.41, 5.74) is 1.35. The number of allylic oxidation sites excluding steroid dienone is 1. The predicted octanol–water partition coefficient (Wildman–Crippen LogP) is 3.57. The summed E-state index contributed by atoms with van der Waals surface area (Å²) < 4.78 is 4.99. The van der Waals surface area contributed by atoms with E-state index in [2.05, 4.69) is 36.5 Å². The Hall–Kier alpha value is -1.13. The standard InChI is InChI=1S/C16H23NO2S/c1-4-19-15(18)12-13-7-9-16(10-8-13,17(2)3)14-6-5-11-20-14/h5-6,11-12H,4,7-10H2,1-3H3. The van der Waals surface area contributed by atoms with Crippen LogP contribution in [0.5, 0.6) is 0 Å². The molecule has 1 heterocycles. The number of esters is 1. The van der Waals surface area contributed by atoms with Gasteiger partial charge in [-0.15, -0.1) is 11.3 Å². The number of nitrogens with zero attached hydrogens (tertiary/aromatic N) is 1. The second-order valence-corrected chi connectivity index (χ2v) is 6.41. The summed E-state index contributed by atoms with van der Waals surface area (Å²) in [6.45, 7) is 2.28. The number of ether oxygens (including phenoxy) is 1. The van der Waals surface area contributed by atoms with Crippen LogP contribution < -0.4 is 0 Å². The highest BCUT2D eigenvalue weighted by atomic mass is 32.1. The number of rotatable bonds is 4. The Morgan fingerprint density at radius 1 is 1.45 bits per heavy atom. The van der Waals surface area contributed by atoms with Gasteiger partial charge in [0.1, 0.15) is 0 Å². The molecule has 1 saturated carbocycles. The van der Waals surface area contributed by atoms with E-state index in [1.807, 2.05) is 18.3 Å². The maximum Gasteiger partial charge on any atom is 0.330 e. The average molecular weight is 293 g/mol. The molecule has 0 aromatic carbocycles. The lowest BCUT2D eigenvalue weighted by molar-refractivity contribution is -0.137. The van der Waals surface area contributed by atoms with E-state index in [1.54, 1.807) is 6.08 Å². The zero-order valence-electron chi connectivity index (χ0n) is 12.5. The number of hydrogen-bond donors (Lipinski definition) is 0. The van der Waals surface area contributed by atoms with Gasteiger partial charge in [0.05, 0.1) is 12.1 Å². The van der Waals surface area contributed by atoms with E-state index in [0.29, 0.717) is 6.61 Å². The largest absolute Gasteiger partial charge is 0.463 e. The summed E-state index contributed by atoms with van der Waals surface area (Å²) in [6.07, 6.45) is 5.75. The van der Waals surface area contributed by atoms with Gasteiger partial charge in [-0.25, -0.2) is 4.79 Å². The van der Waals surface area contributed by atoms with Crippen molar-refractivity contribution >= 4 is 17.3 Å². The lowest BCUT2D eigenvalue weighted by Gasteiger charge is -2.43. The minimum atomic E-state index is -0.198. The molecular weight excluding hydrogens is 270 g/mol. The van der Waals surface area contributed by atoms with Gasteiger partial charge in [-0.3, -0.25) is 4.90 Å². The maximum atomic E-state index is 11.5. The van der Waals surface area contributed by atoms with Crippen LogP contribution in [-0.4, -0.2) is 31.6 Å². The molecule has 0 aliphatic heterocycles. The summed E-state index contributed by atoms with van der Waals surface area (Å²) in [5, 5.41) is 2.14. The molecule has 0 N–H and O–H groups in total. The molecule has 0 atom stereocenters. The van der Waals surface area contributed by atoms with Crippen molar-refractivity contribution < 1.29 is 9.53 Å². The molecule has 20 heavy (non-hydrogen) atoms. The average Bonchev–Trinajstić information content (AvgIpc) is 2.94. The minimum absolute atomic E-state index is 0.125. The van der Waals surface area contributed by atoms with Gasteiger partial charge < -0.3 is 4.74 Å². The second kappa shape index (κ2) is 6.55. The highest BCUT2D eigenvalue weighted by molar-refractivity contribution is 7.10. The third kappa shape index (κ3) is 3.13. The van der Waals surface area contributed by atoms with Crippen molar-refractivity contribution in [1.82, 2.24) is 4.90 Å². The fourth-order valence-electron chi connectivity index (χ4n) is 2.94. The molecule has 0 saturated heterocycles. The van der Waals surface area contributed by atoms with Crippen LogP contribution in [0, 0.1) is 0 Å². The molecule has 0 bridgehead atoms. The van der Waals surface area contributed by atoms with Gasteiger partial charge in [-0.2, -0.15) is 0 Å². The van der Waals surface area contributed by atoms with E-state index in [4.69, 9.17) is 4.74 Å². The first kappa shape index (κ1) is 15.3. The lowest BCUT2D eigenvalue weighted by Crippen LogP contribution is -2.42. The third-order valence-electron chi connectivity index (χ3n) is 4.16. The number of carbonyl (C=O) groups excluding carboxylic acids is 1. The monoisotopic (exact) mass is 293 g/mol. The van der Waals surface area contributed by atoms with Crippen molar-refractivity contribution in [3.63, 3.8) is 0 Å². The van der Waals surface area contributed by atoms with Crippen LogP contribution in [0.2, 0.25) is 0 Å². The topological polar surface area (TPSA) is 29.5 Å². The number of thiophene rings is 1. The Morgan fingerprint density at radius 2 is 2.15 bits per heavy atom. The van der Waals surface area contributed by atoms with E-state index in [0.717, 1.165) is 25.7 Å². The van der Waals surface area contributed by atoms with Gasteiger partial charge >= 0.3 is 5.97 Å². The van der Waals surface area contributed by atoms with Crippen LogP contribution in [0.25, 0.3) is 0 Å². The van der Waals surface area contributed by atoms with Crippen LogP contribution in [0.1, 0.15) is 37.5 Å². The highest BCUT2D eigenvalue weighted by Crippen LogP contribution is 2.44. The van der Waals surface area contributed by atoms with Gasteiger partial charge in [0.15, 0.2) is 0 Å². The van der Waals surface area contributed by atoms with Crippen molar-refractivity contribution in [3.8, 4) is 0 Å². The summed E-state index contributed by atoms with van der Waals surface area (Å²) in [5.74, 6) is -0.198. The molecule has 4 heteroatoms. The molecule has 2 rings (SSSR count). The molecule has 0 unspecified atom stereocenters. The van der Waals surface area contributed by atoms with Gasteiger partial charge in [0.25, 0.3) is 0 Å². The molecule has 1 fully saturated rings. The van der Waals surface area contributed by atoms with Gasteiger partial charge in [-0.05, 0) is 58.1 Å². The number of carbonyl (C=O) groups is 1. The van der Waals surface area contributed by atoms with E-state index in [-0.39, 0.29) is 11.5 Å². The smallest absolute Gasteiger partial charge is 0.330 e. The Balaban J connectivity index is 2.10. The molecule has 3 nitrogen and oxygen atoms in total. The van der Waals surface area contributed by atoms with Crippen molar-refractivity contribution in [2.24, 2.45) is 0 Å². The van der Waals surface area contributed by atoms with Crippen LogP contribution in [0.15, 0.2) is 29.2 Å². The predicted molar refractivity (Wildman–Crippen MR) is 82.9 cm³/mol. The zero-order valence-corrected chi connectivity index (χ0v) is 13.3. The molecule has 110 valence electrons. The molecule has 1 aromatic heterocycles. The van der Waals surface area contributed by atoms with Crippen molar-refractivity contribution in [1.29, 1.82) is 0 Å². The summed E-state index contributed by atoms with van der Waals surface area (Å²) in [7, 11) is 4.31. The van der Waals surface area contributed by atoms with Crippen molar-refractivity contribution in [2.45, 2.75) is 38.1 Å². The third-order valence-corrected chi connectivity index (χ3v) is 5.23. The Labute approximate surface area is 125 Å². The second-order valence-electron chi connectivity index (χ2n) is 5.46. The summed E-state index contributed by atoms with van der Waals surface area (Å²) in [6, 6.07) is 4.35. The Kier molecular flexibility index (Phi) is 5.00. The summed E-state index contributed by atoms with van der Waals surface area (Å²) >= 11 is 1.83. The fourth-order valence-corrected chi connectivity index (χ4v) is 4.00. The van der Waals surface area contributed by atoms with E-state index in [1.165, 1.54) is 10.5 Å². The van der Waals surface area contributed by atoms with Gasteiger partial charge in [0, 0.05) is 11.0 Å². The van der Waals surface area contributed by atoms with E-state index >= 15 is 0 Å². The van der Waals surface area contributed by atoms with Crippen molar-refractivity contribution in [2.75, 3.05) is 20.7 Å².